The second-order valence-corrected chi connectivity index (χ2v) is 17.0. The van der Waals surface area contributed by atoms with E-state index in [4.69, 9.17) is 13.8 Å². The van der Waals surface area contributed by atoms with E-state index in [0.717, 1.165) is 87.8 Å². The second kappa shape index (κ2) is 17.4. The van der Waals surface area contributed by atoms with Crippen LogP contribution in [0.15, 0.2) is 87.5 Å². The topological polar surface area (TPSA) is 76.5 Å². The fourth-order valence-corrected chi connectivity index (χ4v) is 7.05. The van der Waals surface area contributed by atoms with Crippen molar-refractivity contribution >= 4 is 38.5 Å². The van der Waals surface area contributed by atoms with E-state index in [1.807, 2.05) is 53.8 Å². The van der Waals surface area contributed by atoms with Gasteiger partial charge in [0.05, 0.1) is 0 Å². The molecule has 0 aliphatic carbocycles. The van der Waals surface area contributed by atoms with Gasteiger partial charge in [-0.05, 0) is 80.2 Å². The van der Waals surface area contributed by atoms with Crippen LogP contribution in [-0.2, 0) is 36.7 Å². The summed E-state index contributed by atoms with van der Waals surface area (Å²) in [5.41, 5.74) is 6.61. The molecule has 3 aromatic heterocycles. The number of rotatable bonds is 11. The quantitative estimate of drug-likeness (QED) is 0.0796. The minimum atomic E-state index is -0.337. The van der Waals surface area contributed by atoms with Gasteiger partial charge in [0, 0.05) is 65.2 Å². The summed E-state index contributed by atoms with van der Waals surface area (Å²) in [7, 11) is 0. The minimum Gasteiger partial charge on any atom is -0.512 e. The van der Waals surface area contributed by atoms with Crippen LogP contribution in [0.25, 0.3) is 55.5 Å². The maximum absolute atomic E-state index is 12.2. The van der Waals surface area contributed by atoms with Gasteiger partial charge in [0.1, 0.15) is 16.9 Å². The third kappa shape index (κ3) is 9.19. The van der Waals surface area contributed by atoms with Gasteiger partial charge in [-0.25, -0.2) is 0 Å². The molecule has 0 unspecified atom stereocenters. The Hall–Kier alpha value is -3.99. The molecular weight excluding hydrogens is 859 g/mol. The summed E-state index contributed by atoms with van der Waals surface area (Å²) < 4.78 is 12.7. The van der Waals surface area contributed by atoms with Crippen LogP contribution in [0.3, 0.4) is 0 Å². The van der Waals surface area contributed by atoms with Crippen molar-refractivity contribution < 1.29 is 38.8 Å². The van der Waals surface area contributed by atoms with Crippen LogP contribution >= 0.6 is 0 Å². The molecule has 3 heterocycles. The summed E-state index contributed by atoms with van der Waals surface area (Å²) in [6.45, 7) is 25.4. The van der Waals surface area contributed by atoms with Crippen LogP contribution < -0.4 is 0 Å². The van der Waals surface area contributed by atoms with E-state index >= 15 is 0 Å². The molecule has 0 fully saturated rings. The standard InChI is InChI=1S/C34H32NO2.C15H28O2.Ir/c1-20(2)15-22-11-12-29-26(16-22)21(3)33(37-29)31-19-27-30(36-31)13-14-35-32(27)24-17-23-9-7-8-10-25(23)28(18-24)34(4,5)6;1-7-14(5,8-2)12(16)11-13(17)15(6,9-3)10-4;/h7-14,16,18-20H,15H2,1-6H3;11,16H,7-10H2,1-6H3;/q-1;;/b;12-11-;. The number of aliphatic hydroxyl groups is 1. The summed E-state index contributed by atoms with van der Waals surface area (Å²) in [5.74, 6) is 2.39. The molecule has 0 atom stereocenters. The molecule has 0 saturated heterocycles. The van der Waals surface area contributed by atoms with Crippen LogP contribution in [0, 0.1) is 29.7 Å². The number of allylic oxidation sites excluding steroid dienone is 2. The molecule has 0 saturated carbocycles. The minimum absolute atomic E-state index is 0. The largest absolute Gasteiger partial charge is 0.512 e. The van der Waals surface area contributed by atoms with E-state index in [2.05, 4.69) is 102 Å². The van der Waals surface area contributed by atoms with Gasteiger partial charge in [-0.1, -0.05) is 111 Å². The Bertz CT molecular complexity index is 2290. The van der Waals surface area contributed by atoms with E-state index in [1.165, 1.54) is 22.6 Å². The van der Waals surface area contributed by atoms with Crippen LogP contribution in [0.2, 0.25) is 0 Å². The SMILES string of the molecule is CCC(C)(CC)C(=O)/C=C(\O)C(C)(CC)CC.Cc1c(-c2cc3c(-c4[c-]c5ccccc5c(C(C)(C)C)c4)nccc3o2)oc2ccc(CC(C)C)cc12.[Ir]. The molecule has 55 heavy (non-hydrogen) atoms. The first-order valence-electron chi connectivity index (χ1n) is 19.8. The van der Waals surface area contributed by atoms with Crippen molar-refractivity contribution in [1.82, 2.24) is 4.98 Å². The maximum Gasteiger partial charge on any atom is 0.173 e. The number of aromatic nitrogens is 1. The first kappa shape index (κ1) is 43.7. The molecule has 6 aromatic rings. The number of furan rings is 2. The number of benzene rings is 3. The molecule has 6 heteroatoms. The van der Waals surface area contributed by atoms with Crippen LogP contribution in [0.1, 0.15) is 119 Å². The van der Waals surface area contributed by atoms with Gasteiger partial charge in [-0.3, -0.25) is 9.78 Å². The van der Waals surface area contributed by atoms with Crippen molar-refractivity contribution in [3.63, 3.8) is 0 Å². The Morgan fingerprint density at radius 1 is 0.818 bits per heavy atom. The first-order chi connectivity index (χ1) is 25.5. The van der Waals surface area contributed by atoms with Crippen molar-refractivity contribution in [2.75, 3.05) is 0 Å². The number of hydrogen-bond acceptors (Lipinski definition) is 5. The van der Waals surface area contributed by atoms with E-state index in [-0.39, 0.29) is 47.9 Å². The average Bonchev–Trinajstić information content (AvgIpc) is 3.73. The fourth-order valence-electron chi connectivity index (χ4n) is 7.05. The zero-order valence-electron chi connectivity index (χ0n) is 35.0. The molecule has 0 spiro atoms. The third-order valence-corrected chi connectivity index (χ3v) is 11.8. The number of hydrogen-bond donors (Lipinski definition) is 1. The van der Waals surface area contributed by atoms with Crippen molar-refractivity contribution in [1.29, 1.82) is 0 Å². The Labute approximate surface area is 342 Å². The van der Waals surface area contributed by atoms with Crippen molar-refractivity contribution in [2.24, 2.45) is 16.7 Å². The Morgan fingerprint density at radius 3 is 2.07 bits per heavy atom. The van der Waals surface area contributed by atoms with Gasteiger partial charge in [0.2, 0.25) is 0 Å². The molecule has 0 aliphatic rings. The van der Waals surface area contributed by atoms with Gasteiger partial charge >= 0.3 is 0 Å². The average molecular weight is 919 g/mol. The van der Waals surface area contributed by atoms with Crippen LogP contribution in [-0.4, -0.2) is 15.9 Å². The van der Waals surface area contributed by atoms with Gasteiger partial charge in [-0.15, -0.1) is 29.1 Å². The molecule has 5 nitrogen and oxygen atoms in total. The predicted octanol–water partition coefficient (Wildman–Crippen LogP) is 14.3. The molecule has 0 amide bonds. The maximum atomic E-state index is 12.2. The molecule has 0 bridgehead atoms. The zero-order valence-corrected chi connectivity index (χ0v) is 37.4. The first-order valence-corrected chi connectivity index (χ1v) is 19.8. The van der Waals surface area contributed by atoms with Crippen molar-refractivity contribution in [2.45, 2.75) is 121 Å². The molecule has 1 N–H and O–H groups in total. The normalized spacial score (nSPS) is 12.6. The number of carbonyl (C=O) groups excluding carboxylic acids is 1. The Balaban J connectivity index is 0.000000320. The monoisotopic (exact) mass is 919 g/mol. The number of pyridine rings is 1. The summed E-state index contributed by atoms with van der Waals surface area (Å²) in [5, 5.41) is 14.6. The smallest absolute Gasteiger partial charge is 0.173 e. The summed E-state index contributed by atoms with van der Waals surface area (Å²) in [6, 6.07) is 24.8. The zero-order chi connectivity index (χ0) is 39.6. The van der Waals surface area contributed by atoms with E-state index in [0.29, 0.717) is 5.92 Å². The number of ketones is 1. The van der Waals surface area contributed by atoms with Gasteiger partial charge in [-0.2, -0.15) is 0 Å². The summed E-state index contributed by atoms with van der Waals surface area (Å²) >= 11 is 0. The molecular formula is C49H60IrNO4-. The molecule has 1 radical (unpaired) electrons. The van der Waals surface area contributed by atoms with E-state index in [9.17, 15) is 9.90 Å². The van der Waals surface area contributed by atoms with Crippen LogP contribution in [0.4, 0.5) is 0 Å². The summed E-state index contributed by atoms with van der Waals surface area (Å²) in [4.78, 5) is 17.0. The predicted molar refractivity (Wildman–Crippen MR) is 226 cm³/mol. The Kier molecular flexibility index (Phi) is 13.9. The number of carbonyl (C=O) groups is 1. The number of nitrogens with zero attached hydrogens (tertiary/aromatic N) is 1. The van der Waals surface area contributed by atoms with Crippen molar-refractivity contribution in [3.05, 3.63) is 101 Å². The molecule has 0 aliphatic heterocycles. The summed E-state index contributed by atoms with van der Waals surface area (Å²) in [6.07, 6.45) is 7.62. The molecule has 6 rings (SSSR count). The van der Waals surface area contributed by atoms with E-state index in [1.54, 1.807) is 0 Å². The van der Waals surface area contributed by atoms with Gasteiger partial charge in [0.15, 0.2) is 17.3 Å². The van der Waals surface area contributed by atoms with Gasteiger partial charge < -0.3 is 13.9 Å². The molecule has 3 aromatic carbocycles. The second-order valence-electron chi connectivity index (χ2n) is 17.0. The van der Waals surface area contributed by atoms with Crippen molar-refractivity contribution in [3.8, 4) is 22.8 Å². The number of aliphatic hydroxyl groups excluding tert-OH is 1. The van der Waals surface area contributed by atoms with Gasteiger partial charge in [0.25, 0.3) is 0 Å². The third-order valence-electron chi connectivity index (χ3n) is 11.8. The Morgan fingerprint density at radius 2 is 1.45 bits per heavy atom. The molecule has 295 valence electrons. The number of fused-ring (bicyclic) bond motifs is 3. The van der Waals surface area contributed by atoms with E-state index < -0.39 is 0 Å². The fraction of sp³-hybridized carbons (Fsp3) is 0.429. The number of aryl methyl sites for hydroxylation is 1. The van der Waals surface area contributed by atoms with Crippen LogP contribution in [0.5, 0.6) is 0 Å².